The highest BCUT2D eigenvalue weighted by Crippen LogP contribution is 2.29. The lowest BCUT2D eigenvalue weighted by atomic mass is 10.2. The molecule has 0 aliphatic rings. The van der Waals surface area contributed by atoms with Gasteiger partial charge in [-0.2, -0.15) is 0 Å². The van der Waals surface area contributed by atoms with Crippen molar-refractivity contribution in [2.45, 2.75) is 10.9 Å². The first kappa shape index (κ1) is 17.2. The fourth-order valence-electron chi connectivity index (χ4n) is 2.39. The van der Waals surface area contributed by atoms with Gasteiger partial charge in [-0.25, -0.2) is 15.0 Å². The predicted molar refractivity (Wildman–Crippen MR) is 110 cm³/mol. The number of hydrogen-bond donors (Lipinski definition) is 0. The van der Waals surface area contributed by atoms with Crippen LogP contribution in [0.1, 0.15) is 5.56 Å². The SMILES string of the molecule is Clc1ccc(CSc2nccc(-c3csc(-c4ccccc4)n3)n2)cc1. The standard InChI is InChI=1S/C20H14ClN3S2/c21-16-8-6-14(7-9-16)12-26-20-22-11-10-17(24-20)18-13-25-19(23-18)15-4-2-1-3-5-15/h1-11,13H,12H2. The molecule has 0 unspecified atom stereocenters. The molecule has 0 amide bonds. The Hall–Kier alpha value is -2.21. The van der Waals surface area contributed by atoms with Gasteiger partial charge in [-0.05, 0) is 23.8 Å². The van der Waals surface area contributed by atoms with Crippen LogP contribution >= 0.6 is 34.7 Å². The fourth-order valence-corrected chi connectivity index (χ4v) is 4.12. The molecule has 26 heavy (non-hydrogen) atoms. The van der Waals surface area contributed by atoms with E-state index in [4.69, 9.17) is 16.6 Å². The molecule has 0 saturated heterocycles. The van der Waals surface area contributed by atoms with E-state index in [0.29, 0.717) is 0 Å². The van der Waals surface area contributed by atoms with Crippen LogP contribution in [0.3, 0.4) is 0 Å². The Labute approximate surface area is 165 Å². The number of halogens is 1. The zero-order valence-electron chi connectivity index (χ0n) is 13.7. The largest absolute Gasteiger partial charge is 0.234 e. The molecule has 4 rings (SSSR count). The topological polar surface area (TPSA) is 38.7 Å². The zero-order chi connectivity index (χ0) is 17.8. The number of thioether (sulfide) groups is 1. The van der Waals surface area contributed by atoms with E-state index >= 15 is 0 Å². The van der Waals surface area contributed by atoms with Crippen LogP contribution < -0.4 is 0 Å². The van der Waals surface area contributed by atoms with Crippen molar-refractivity contribution in [3.63, 3.8) is 0 Å². The maximum Gasteiger partial charge on any atom is 0.188 e. The van der Waals surface area contributed by atoms with Gasteiger partial charge in [0.05, 0.1) is 5.69 Å². The Bertz CT molecular complexity index is 1000. The number of hydrogen-bond acceptors (Lipinski definition) is 5. The Kier molecular flexibility index (Phi) is 5.29. The molecule has 0 N–H and O–H groups in total. The van der Waals surface area contributed by atoms with Crippen molar-refractivity contribution < 1.29 is 0 Å². The predicted octanol–water partition coefficient (Wildman–Crippen LogP) is 6.21. The van der Waals surface area contributed by atoms with Crippen molar-refractivity contribution >= 4 is 34.7 Å². The van der Waals surface area contributed by atoms with Crippen molar-refractivity contribution in [1.29, 1.82) is 0 Å². The first-order valence-electron chi connectivity index (χ1n) is 7.99. The van der Waals surface area contributed by atoms with Gasteiger partial charge in [-0.1, -0.05) is 65.8 Å². The highest BCUT2D eigenvalue weighted by molar-refractivity contribution is 7.98. The number of benzene rings is 2. The molecule has 0 spiro atoms. The van der Waals surface area contributed by atoms with Crippen LogP contribution in [0.5, 0.6) is 0 Å². The summed E-state index contributed by atoms with van der Waals surface area (Å²) in [6.07, 6.45) is 1.79. The molecule has 0 radical (unpaired) electrons. The van der Waals surface area contributed by atoms with Crippen molar-refractivity contribution in [3.05, 3.63) is 82.8 Å². The van der Waals surface area contributed by atoms with Gasteiger partial charge in [0.25, 0.3) is 0 Å². The number of aromatic nitrogens is 3. The normalized spacial score (nSPS) is 10.8. The molecule has 2 aromatic heterocycles. The molecule has 0 aliphatic heterocycles. The summed E-state index contributed by atoms with van der Waals surface area (Å²) in [6, 6.07) is 19.9. The Morgan fingerprint density at radius 3 is 2.50 bits per heavy atom. The fraction of sp³-hybridized carbons (Fsp3) is 0.0500. The van der Waals surface area contributed by atoms with E-state index in [1.807, 2.05) is 53.9 Å². The first-order chi connectivity index (χ1) is 12.8. The summed E-state index contributed by atoms with van der Waals surface area (Å²) in [5.74, 6) is 0.799. The molecule has 0 atom stereocenters. The zero-order valence-corrected chi connectivity index (χ0v) is 16.1. The van der Waals surface area contributed by atoms with E-state index in [9.17, 15) is 0 Å². The lowest BCUT2D eigenvalue weighted by Gasteiger charge is -2.02. The van der Waals surface area contributed by atoms with Crippen LogP contribution in [0.2, 0.25) is 5.02 Å². The Morgan fingerprint density at radius 1 is 0.885 bits per heavy atom. The maximum absolute atomic E-state index is 5.93. The van der Waals surface area contributed by atoms with Crippen LogP contribution in [0, 0.1) is 0 Å². The molecule has 0 bridgehead atoms. The van der Waals surface area contributed by atoms with Gasteiger partial charge in [0, 0.05) is 27.9 Å². The van der Waals surface area contributed by atoms with Gasteiger partial charge in [0.15, 0.2) is 5.16 Å². The summed E-state index contributed by atoms with van der Waals surface area (Å²) in [4.78, 5) is 13.7. The van der Waals surface area contributed by atoms with Crippen molar-refractivity contribution in [1.82, 2.24) is 15.0 Å². The van der Waals surface area contributed by atoms with Gasteiger partial charge in [0.1, 0.15) is 10.7 Å². The van der Waals surface area contributed by atoms with E-state index in [2.05, 4.69) is 22.1 Å². The Balaban J connectivity index is 1.51. The average Bonchev–Trinajstić information content (AvgIpc) is 3.19. The number of thiazole rings is 1. The lowest BCUT2D eigenvalue weighted by Crippen LogP contribution is -1.91. The highest BCUT2D eigenvalue weighted by atomic mass is 35.5. The summed E-state index contributed by atoms with van der Waals surface area (Å²) in [7, 11) is 0. The maximum atomic E-state index is 5.93. The minimum Gasteiger partial charge on any atom is -0.234 e. The van der Waals surface area contributed by atoms with E-state index < -0.39 is 0 Å². The molecule has 0 fully saturated rings. The smallest absolute Gasteiger partial charge is 0.188 e. The second-order valence-corrected chi connectivity index (χ2v) is 7.78. The quantitative estimate of drug-likeness (QED) is 0.297. The van der Waals surface area contributed by atoms with Gasteiger partial charge in [0.2, 0.25) is 0 Å². The second kappa shape index (κ2) is 7.99. The number of nitrogens with zero attached hydrogens (tertiary/aromatic N) is 3. The minimum atomic E-state index is 0.742. The molecule has 3 nitrogen and oxygen atoms in total. The van der Waals surface area contributed by atoms with Crippen LogP contribution in [-0.4, -0.2) is 15.0 Å². The van der Waals surface area contributed by atoms with Gasteiger partial charge in [-0.3, -0.25) is 0 Å². The molecular formula is C20H14ClN3S2. The van der Waals surface area contributed by atoms with Gasteiger partial charge in [-0.15, -0.1) is 11.3 Å². The minimum absolute atomic E-state index is 0.742. The lowest BCUT2D eigenvalue weighted by molar-refractivity contribution is 0.969. The Morgan fingerprint density at radius 2 is 1.69 bits per heavy atom. The molecule has 128 valence electrons. The second-order valence-electron chi connectivity index (χ2n) is 5.54. The van der Waals surface area contributed by atoms with E-state index in [-0.39, 0.29) is 0 Å². The molecule has 4 aromatic rings. The third kappa shape index (κ3) is 4.12. The molecule has 2 heterocycles. The van der Waals surface area contributed by atoms with Crippen LogP contribution in [0.25, 0.3) is 22.0 Å². The van der Waals surface area contributed by atoms with E-state index in [1.165, 1.54) is 5.56 Å². The first-order valence-corrected chi connectivity index (χ1v) is 10.2. The average molecular weight is 396 g/mol. The van der Waals surface area contributed by atoms with Gasteiger partial charge >= 0.3 is 0 Å². The number of rotatable bonds is 5. The third-order valence-corrected chi connectivity index (χ3v) is 5.78. The molecule has 0 aliphatic carbocycles. The monoisotopic (exact) mass is 395 g/mol. The summed E-state index contributed by atoms with van der Waals surface area (Å²) in [6.45, 7) is 0. The van der Waals surface area contributed by atoms with Crippen molar-refractivity contribution in [2.75, 3.05) is 0 Å². The molecular weight excluding hydrogens is 382 g/mol. The van der Waals surface area contributed by atoms with Crippen LogP contribution in [0.15, 0.2) is 77.4 Å². The third-order valence-electron chi connectivity index (χ3n) is 3.70. The van der Waals surface area contributed by atoms with Crippen molar-refractivity contribution in [3.8, 4) is 22.0 Å². The van der Waals surface area contributed by atoms with E-state index in [1.54, 1.807) is 29.3 Å². The summed E-state index contributed by atoms with van der Waals surface area (Å²) in [5, 5.41) is 4.52. The van der Waals surface area contributed by atoms with Crippen molar-refractivity contribution in [2.24, 2.45) is 0 Å². The molecule has 6 heteroatoms. The van der Waals surface area contributed by atoms with Crippen LogP contribution in [-0.2, 0) is 5.75 Å². The van der Waals surface area contributed by atoms with Crippen LogP contribution in [0.4, 0.5) is 0 Å². The summed E-state index contributed by atoms with van der Waals surface area (Å²) in [5.41, 5.74) is 4.03. The van der Waals surface area contributed by atoms with E-state index in [0.717, 1.165) is 37.9 Å². The highest BCUT2D eigenvalue weighted by Gasteiger charge is 2.09. The molecule has 0 saturated carbocycles. The van der Waals surface area contributed by atoms with Gasteiger partial charge < -0.3 is 0 Å². The summed E-state index contributed by atoms with van der Waals surface area (Å²) >= 11 is 9.15. The molecule has 2 aromatic carbocycles. The summed E-state index contributed by atoms with van der Waals surface area (Å²) < 4.78 is 0.